The summed E-state index contributed by atoms with van der Waals surface area (Å²) in [6, 6.07) is 12.1. The van der Waals surface area contributed by atoms with Gasteiger partial charge in [0.2, 0.25) is 0 Å². The van der Waals surface area contributed by atoms with Gasteiger partial charge in [-0.15, -0.1) is 0 Å². The van der Waals surface area contributed by atoms with E-state index in [9.17, 15) is 29.9 Å². The number of amides is 2. The Morgan fingerprint density at radius 1 is 1.00 bits per heavy atom. The highest BCUT2D eigenvalue weighted by atomic mass is 79.9. The van der Waals surface area contributed by atoms with E-state index >= 15 is 0 Å². The first-order valence-corrected chi connectivity index (χ1v) is 12.8. The van der Waals surface area contributed by atoms with E-state index in [4.69, 9.17) is 0 Å². The zero-order chi connectivity index (χ0) is 28.9. The van der Waals surface area contributed by atoms with Crippen LogP contribution >= 0.6 is 31.9 Å². The number of carbonyl (C=O) groups excluding carboxylic acids is 2. The monoisotopic (exact) mass is 659 g/mol. The van der Waals surface area contributed by atoms with Crippen LogP contribution in [0.1, 0.15) is 27.0 Å². The second-order valence-electron chi connectivity index (χ2n) is 8.37. The number of nitro benzene ring substituents is 1. The third-order valence-corrected chi connectivity index (χ3v) is 7.25. The van der Waals surface area contributed by atoms with Crippen molar-refractivity contribution in [1.29, 1.82) is 0 Å². The van der Waals surface area contributed by atoms with Gasteiger partial charge >= 0.3 is 0 Å². The molecule has 4 N–H and O–H groups in total. The largest absolute Gasteiger partial charge is 0.506 e. The lowest BCUT2D eigenvalue weighted by atomic mass is 10.1. The first kappa shape index (κ1) is 29.3. The SMILES string of the molecule is Cc1c(Br)c(O)c(Br)c(O)c1C=NNC(=O)C(=Cc1ccc(N(C)C)cc1)NC(=O)c1ccc([N+](=O)[O-])cc1. The molecule has 0 aliphatic rings. The molecule has 13 heteroatoms. The average molecular weight is 661 g/mol. The van der Waals surface area contributed by atoms with Crippen LogP contribution in [0.4, 0.5) is 11.4 Å². The number of phenols is 2. The van der Waals surface area contributed by atoms with Gasteiger partial charge < -0.3 is 20.4 Å². The van der Waals surface area contributed by atoms with Gasteiger partial charge in [0, 0.05) is 43.0 Å². The summed E-state index contributed by atoms with van der Waals surface area (Å²) >= 11 is 6.33. The number of hydrogen-bond donors (Lipinski definition) is 4. The van der Waals surface area contributed by atoms with Crippen molar-refractivity contribution in [3.8, 4) is 11.5 Å². The summed E-state index contributed by atoms with van der Waals surface area (Å²) in [6.45, 7) is 1.63. The van der Waals surface area contributed by atoms with Gasteiger partial charge in [0.25, 0.3) is 17.5 Å². The molecule has 0 radical (unpaired) electrons. The van der Waals surface area contributed by atoms with Crippen LogP contribution in [0.25, 0.3) is 6.08 Å². The van der Waals surface area contributed by atoms with Gasteiger partial charge in [-0.25, -0.2) is 5.43 Å². The highest BCUT2D eigenvalue weighted by molar-refractivity contribution is 9.11. The Hall–Kier alpha value is -4.23. The molecule has 0 spiro atoms. The minimum atomic E-state index is -0.771. The van der Waals surface area contributed by atoms with Gasteiger partial charge in [-0.05, 0) is 80.3 Å². The zero-order valence-electron chi connectivity index (χ0n) is 20.9. The number of benzene rings is 3. The molecule has 2 amide bonds. The van der Waals surface area contributed by atoms with Gasteiger partial charge in [-0.3, -0.25) is 19.7 Å². The van der Waals surface area contributed by atoms with Crippen LogP contribution in [0.5, 0.6) is 11.5 Å². The zero-order valence-corrected chi connectivity index (χ0v) is 24.1. The fourth-order valence-electron chi connectivity index (χ4n) is 3.30. The molecule has 0 bridgehead atoms. The summed E-state index contributed by atoms with van der Waals surface area (Å²) in [7, 11) is 3.77. The average Bonchev–Trinajstić information content (AvgIpc) is 2.92. The molecule has 0 heterocycles. The predicted molar refractivity (Wildman–Crippen MR) is 155 cm³/mol. The van der Waals surface area contributed by atoms with E-state index in [1.165, 1.54) is 36.6 Å². The normalized spacial score (nSPS) is 11.4. The van der Waals surface area contributed by atoms with Crippen molar-refractivity contribution in [2.45, 2.75) is 6.92 Å². The van der Waals surface area contributed by atoms with E-state index in [0.29, 0.717) is 15.6 Å². The number of nitrogens with zero attached hydrogens (tertiary/aromatic N) is 3. The molecule has 11 nitrogen and oxygen atoms in total. The molecule has 0 saturated heterocycles. The molecule has 202 valence electrons. The molecular formula is C26H23Br2N5O6. The molecule has 0 aromatic heterocycles. The number of phenolic OH excluding ortho intramolecular Hbond substituents is 2. The summed E-state index contributed by atoms with van der Waals surface area (Å²) in [5.41, 5.74) is 4.32. The van der Waals surface area contributed by atoms with Crippen molar-refractivity contribution < 1.29 is 24.7 Å². The number of nitro groups is 1. The maximum absolute atomic E-state index is 13.1. The Bertz CT molecular complexity index is 1460. The molecule has 39 heavy (non-hydrogen) atoms. The minimum absolute atomic E-state index is 0.0462. The van der Waals surface area contributed by atoms with Crippen LogP contribution < -0.4 is 15.6 Å². The highest BCUT2D eigenvalue weighted by Gasteiger charge is 2.19. The third kappa shape index (κ3) is 7.00. The summed E-state index contributed by atoms with van der Waals surface area (Å²) < 4.78 is 0.377. The van der Waals surface area contributed by atoms with Crippen LogP contribution in [0, 0.1) is 17.0 Å². The second kappa shape index (κ2) is 12.5. The first-order valence-electron chi connectivity index (χ1n) is 11.2. The van der Waals surface area contributed by atoms with Crippen LogP contribution in [0.15, 0.2) is 68.3 Å². The van der Waals surface area contributed by atoms with E-state index in [1.807, 2.05) is 31.1 Å². The molecule has 3 aromatic carbocycles. The maximum atomic E-state index is 13.1. The van der Waals surface area contributed by atoms with Crippen LogP contribution in [0.2, 0.25) is 0 Å². The van der Waals surface area contributed by atoms with E-state index < -0.39 is 16.7 Å². The fraction of sp³-hybridized carbons (Fsp3) is 0.115. The Labute approximate surface area is 240 Å². The molecule has 0 aliphatic heterocycles. The maximum Gasteiger partial charge on any atom is 0.287 e. The molecule has 0 aliphatic carbocycles. The van der Waals surface area contributed by atoms with Gasteiger partial charge in [0.15, 0.2) is 0 Å². The molecule has 0 fully saturated rings. The lowest BCUT2D eigenvalue weighted by Crippen LogP contribution is -2.32. The minimum Gasteiger partial charge on any atom is -0.506 e. The Morgan fingerprint density at radius 2 is 1.62 bits per heavy atom. The van der Waals surface area contributed by atoms with Gasteiger partial charge in [0.05, 0.1) is 15.6 Å². The van der Waals surface area contributed by atoms with E-state index in [-0.39, 0.29) is 38.5 Å². The van der Waals surface area contributed by atoms with Crippen LogP contribution in [-0.4, -0.2) is 47.3 Å². The number of carbonyl (C=O) groups is 2. The molecule has 0 atom stereocenters. The Balaban J connectivity index is 1.90. The summed E-state index contributed by atoms with van der Waals surface area (Å²) in [5.74, 6) is -1.91. The lowest BCUT2D eigenvalue weighted by molar-refractivity contribution is -0.384. The van der Waals surface area contributed by atoms with E-state index in [1.54, 1.807) is 19.1 Å². The van der Waals surface area contributed by atoms with Crippen molar-refractivity contribution in [2.24, 2.45) is 5.10 Å². The standard InChI is InChI=1S/C26H23Br2N5O6/c1-14-19(23(34)22(28)24(35)21(14)27)13-29-31-26(37)20(12-15-4-8-17(9-5-15)32(2)3)30-25(36)16-6-10-18(11-7-16)33(38)39/h4-13,34-35H,1-3H3,(H,30,36)(H,31,37). The molecule has 3 rings (SSSR count). The van der Waals surface area contributed by atoms with Crippen molar-refractivity contribution in [1.82, 2.24) is 10.7 Å². The quantitative estimate of drug-likeness (QED) is 0.117. The first-order chi connectivity index (χ1) is 18.4. The van der Waals surface area contributed by atoms with Crippen molar-refractivity contribution in [2.75, 3.05) is 19.0 Å². The van der Waals surface area contributed by atoms with Crippen LogP contribution in [-0.2, 0) is 4.79 Å². The summed E-state index contributed by atoms with van der Waals surface area (Å²) in [4.78, 5) is 38.1. The third-order valence-electron chi connectivity index (χ3n) is 5.53. The number of hydrogen-bond acceptors (Lipinski definition) is 8. The van der Waals surface area contributed by atoms with Gasteiger partial charge in [-0.2, -0.15) is 5.10 Å². The fourth-order valence-corrected chi connectivity index (χ4v) is 4.39. The summed E-state index contributed by atoms with van der Waals surface area (Å²) in [5, 5.41) is 37.7. The van der Waals surface area contributed by atoms with Gasteiger partial charge in [-0.1, -0.05) is 12.1 Å². The number of non-ortho nitro benzene ring substituents is 1. The smallest absolute Gasteiger partial charge is 0.287 e. The number of aromatic hydroxyl groups is 2. The van der Waals surface area contributed by atoms with Crippen molar-refractivity contribution in [3.05, 3.63) is 95.5 Å². The number of nitrogens with one attached hydrogen (secondary N) is 2. The predicted octanol–water partition coefficient (Wildman–Crippen LogP) is 4.83. The highest BCUT2D eigenvalue weighted by Crippen LogP contribution is 2.43. The van der Waals surface area contributed by atoms with Crippen molar-refractivity contribution >= 4 is 67.3 Å². The number of halogens is 2. The molecule has 0 saturated carbocycles. The summed E-state index contributed by atoms with van der Waals surface area (Å²) in [6.07, 6.45) is 2.64. The second-order valence-corrected chi connectivity index (χ2v) is 9.95. The lowest BCUT2D eigenvalue weighted by Gasteiger charge is -2.13. The van der Waals surface area contributed by atoms with Crippen LogP contribution in [0.3, 0.4) is 0 Å². The number of rotatable bonds is 8. The number of anilines is 1. The van der Waals surface area contributed by atoms with Crippen molar-refractivity contribution in [3.63, 3.8) is 0 Å². The van der Waals surface area contributed by atoms with E-state index in [0.717, 1.165) is 5.69 Å². The molecule has 0 unspecified atom stereocenters. The Kier molecular flexibility index (Phi) is 9.43. The number of hydrazone groups is 1. The molecule has 3 aromatic rings. The van der Waals surface area contributed by atoms with E-state index in [2.05, 4.69) is 47.7 Å². The Morgan fingerprint density at radius 3 is 2.18 bits per heavy atom. The topological polar surface area (TPSA) is 157 Å². The molecular weight excluding hydrogens is 638 g/mol. The van der Waals surface area contributed by atoms with Gasteiger partial charge in [0.1, 0.15) is 21.7 Å².